The summed E-state index contributed by atoms with van der Waals surface area (Å²) in [6, 6.07) is 12.9. The average molecular weight is 383 g/mol. The van der Waals surface area contributed by atoms with Crippen LogP contribution in [-0.4, -0.2) is 30.2 Å². The number of aliphatic carboxylic acids is 1. The molecule has 0 saturated heterocycles. The van der Waals surface area contributed by atoms with Gasteiger partial charge in [-0.25, -0.2) is 4.79 Å². The van der Waals surface area contributed by atoms with Gasteiger partial charge < -0.3 is 19.9 Å². The Balaban J connectivity index is 1.80. The molecule has 2 aromatic carbocycles. The van der Waals surface area contributed by atoms with Crippen LogP contribution in [0.3, 0.4) is 0 Å². The summed E-state index contributed by atoms with van der Waals surface area (Å²) in [7, 11) is 0. The van der Waals surface area contributed by atoms with Gasteiger partial charge in [-0.3, -0.25) is 4.79 Å². The van der Waals surface area contributed by atoms with E-state index in [0.29, 0.717) is 29.6 Å². The van der Waals surface area contributed by atoms with Crippen molar-refractivity contribution in [3.63, 3.8) is 0 Å². The van der Waals surface area contributed by atoms with Crippen molar-refractivity contribution in [2.75, 3.05) is 13.2 Å². The van der Waals surface area contributed by atoms with Crippen molar-refractivity contribution in [3.8, 4) is 11.5 Å². The van der Waals surface area contributed by atoms with E-state index in [-0.39, 0.29) is 11.9 Å². The summed E-state index contributed by atoms with van der Waals surface area (Å²) in [5.74, 6) is -0.149. The molecule has 148 valence electrons. The number of benzene rings is 2. The topological polar surface area (TPSA) is 84.9 Å². The van der Waals surface area contributed by atoms with E-state index in [9.17, 15) is 9.59 Å². The van der Waals surface area contributed by atoms with Crippen molar-refractivity contribution in [1.82, 2.24) is 5.32 Å². The number of rotatable bonds is 9. The fraction of sp³-hybridized carbons (Fsp3) is 0.364. The Morgan fingerprint density at radius 1 is 1.14 bits per heavy atom. The lowest BCUT2D eigenvalue weighted by Gasteiger charge is -2.21. The first-order valence-electron chi connectivity index (χ1n) is 9.47. The second-order valence-corrected chi connectivity index (χ2v) is 6.92. The third kappa shape index (κ3) is 4.82. The molecule has 3 rings (SSSR count). The lowest BCUT2D eigenvalue weighted by Crippen LogP contribution is -2.30. The lowest BCUT2D eigenvalue weighted by molar-refractivity contribution is -0.139. The SMILES string of the molecule is CCOc1cc(C(=O)NC(c2ccccc2C)C2CC2)ccc1OCC(=O)O. The first kappa shape index (κ1) is 19.7. The highest BCUT2D eigenvalue weighted by Crippen LogP contribution is 2.42. The van der Waals surface area contributed by atoms with Crippen LogP contribution in [0.25, 0.3) is 0 Å². The van der Waals surface area contributed by atoms with E-state index in [2.05, 4.69) is 24.4 Å². The van der Waals surface area contributed by atoms with Crippen LogP contribution in [-0.2, 0) is 4.79 Å². The third-order valence-corrected chi connectivity index (χ3v) is 4.76. The highest BCUT2D eigenvalue weighted by atomic mass is 16.5. The number of carboxylic acids is 1. The van der Waals surface area contributed by atoms with Crippen molar-refractivity contribution in [2.24, 2.45) is 5.92 Å². The average Bonchev–Trinajstić information content (AvgIpc) is 3.51. The van der Waals surface area contributed by atoms with Crippen molar-refractivity contribution in [2.45, 2.75) is 32.7 Å². The fourth-order valence-electron chi connectivity index (χ4n) is 3.22. The zero-order chi connectivity index (χ0) is 20.1. The molecule has 2 N–H and O–H groups in total. The Labute approximate surface area is 164 Å². The molecule has 1 atom stereocenters. The standard InChI is InChI=1S/C22H25NO5/c1-3-27-19-12-16(10-11-18(19)28-13-20(24)25)22(26)23-21(15-8-9-15)17-7-5-4-6-14(17)2/h4-7,10-12,15,21H,3,8-9,13H2,1-2H3,(H,23,26)(H,24,25). The molecule has 1 unspecified atom stereocenters. The van der Waals surface area contributed by atoms with Gasteiger partial charge in [-0.1, -0.05) is 24.3 Å². The molecular weight excluding hydrogens is 358 g/mol. The second kappa shape index (κ2) is 8.78. The minimum absolute atomic E-state index is 0.0211. The van der Waals surface area contributed by atoms with Crippen LogP contribution in [0.15, 0.2) is 42.5 Å². The summed E-state index contributed by atoms with van der Waals surface area (Å²) in [5, 5.41) is 12.0. The van der Waals surface area contributed by atoms with Crippen molar-refractivity contribution >= 4 is 11.9 Å². The first-order chi connectivity index (χ1) is 13.5. The van der Waals surface area contributed by atoms with Gasteiger partial charge in [-0.15, -0.1) is 0 Å². The van der Waals surface area contributed by atoms with Crippen LogP contribution in [0.1, 0.15) is 47.3 Å². The molecule has 1 aliphatic carbocycles. The van der Waals surface area contributed by atoms with Gasteiger partial charge in [0, 0.05) is 5.56 Å². The molecule has 0 heterocycles. The highest BCUT2D eigenvalue weighted by molar-refractivity contribution is 5.95. The van der Waals surface area contributed by atoms with E-state index < -0.39 is 12.6 Å². The largest absolute Gasteiger partial charge is 0.490 e. The van der Waals surface area contributed by atoms with Gasteiger partial charge in [-0.2, -0.15) is 0 Å². The molecular formula is C22H25NO5. The van der Waals surface area contributed by atoms with E-state index in [4.69, 9.17) is 14.6 Å². The number of aryl methyl sites for hydroxylation is 1. The molecule has 1 saturated carbocycles. The Kier molecular flexibility index (Phi) is 6.19. The molecule has 0 spiro atoms. The molecule has 6 heteroatoms. The molecule has 0 aromatic heterocycles. The molecule has 28 heavy (non-hydrogen) atoms. The number of carboxylic acid groups (broad SMARTS) is 1. The number of carbonyl (C=O) groups is 2. The third-order valence-electron chi connectivity index (χ3n) is 4.76. The monoisotopic (exact) mass is 383 g/mol. The van der Waals surface area contributed by atoms with Crippen LogP contribution < -0.4 is 14.8 Å². The van der Waals surface area contributed by atoms with Crippen molar-refractivity contribution < 1.29 is 24.2 Å². The van der Waals surface area contributed by atoms with Gasteiger partial charge >= 0.3 is 5.97 Å². The minimum Gasteiger partial charge on any atom is -0.490 e. The predicted molar refractivity (Wildman–Crippen MR) is 105 cm³/mol. The molecule has 0 aliphatic heterocycles. The van der Waals surface area contributed by atoms with E-state index in [1.165, 1.54) is 0 Å². The maximum absolute atomic E-state index is 12.9. The molecule has 2 aromatic rings. The minimum atomic E-state index is -1.07. The normalized spacial score (nSPS) is 14.2. The molecule has 1 fully saturated rings. The number of ether oxygens (including phenoxy) is 2. The van der Waals surface area contributed by atoms with E-state index >= 15 is 0 Å². The number of nitrogens with one attached hydrogen (secondary N) is 1. The molecule has 0 bridgehead atoms. The summed E-state index contributed by atoms with van der Waals surface area (Å²) in [5.41, 5.74) is 2.75. The first-order valence-corrected chi connectivity index (χ1v) is 9.47. The van der Waals surface area contributed by atoms with Crippen LogP contribution in [0.2, 0.25) is 0 Å². The zero-order valence-corrected chi connectivity index (χ0v) is 16.1. The maximum Gasteiger partial charge on any atom is 0.341 e. The second-order valence-electron chi connectivity index (χ2n) is 6.92. The van der Waals surface area contributed by atoms with E-state index in [0.717, 1.165) is 24.0 Å². The number of hydrogen-bond donors (Lipinski definition) is 2. The van der Waals surface area contributed by atoms with Gasteiger partial charge in [0.1, 0.15) is 0 Å². The quantitative estimate of drug-likeness (QED) is 0.689. The van der Waals surface area contributed by atoms with Crippen LogP contribution >= 0.6 is 0 Å². The van der Waals surface area contributed by atoms with Gasteiger partial charge in [0.2, 0.25) is 0 Å². The van der Waals surface area contributed by atoms with Crippen LogP contribution in [0.5, 0.6) is 11.5 Å². The Morgan fingerprint density at radius 2 is 1.89 bits per heavy atom. The smallest absolute Gasteiger partial charge is 0.341 e. The molecule has 1 amide bonds. The molecule has 1 aliphatic rings. The zero-order valence-electron chi connectivity index (χ0n) is 16.1. The summed E-state index contributed by atoms with van der Waals surface area (Å²) in [6.07, 6.45) is 2.21. The van der Waals surface area contributed by atoms with Gasteiger partial charge in [0.15, 0.2) is 18.1 Å². The van der Waals surface area contributed by atoms with Crippen LogP contribution in [0.4, 0.5) is 0 Å². The Morgan fingerprint density at radius 3 is 2.54 bits per heavy atom. The summed E-state index contributed by atoms with van der Waals surface area (Å²) in [6.45, 7) is 3.78. The molecule has 0 radical (unpaired) electrons. The summed E-state index contributed by atoms with van der Waals surface area (Å²) < 4.78 is 10.8. The maximum atomic E-state index is 12.9. The fourth-order valence-corrected chi connectivity index (χ4v) is 3.22. The summed E-state index contributed by atoms with van der Waals surface area (Å²) in [4.78, 5) is 23.6. The van der Waals surface area contributed by atoms with Crippen molar-refractivity contribution in [3.05, 3.63) is 59.2 Å². The van der Waals surface area contributed by atoms with Gasteiger partial charge in [-0.05, 0) is 61.9 Å². The lowest BCUT2D eigenvalue weighted by atomic mass is 9.97. The van der Waals surface area contributed by atoms with Crippen LogP contribution in [0, 0.1) is 12.8 Å². The van der Waals surface area contributed by atoms with E-state index in [1.807, 2.05) is 19.1 Å². The highest BCUT2D eigenvalue weighted by Gasteiger charge is 2.34. The number of hydrogen-bond acceptors (Lipinski definition) is 4. The Bertz CT molecular complexity index is 860. The molecule has 6 nitrogen and oxygen atoms in total. The Hall–Kier alpha value is -3.02. The number of carbonyl (C=O) groups excluding carboxylic acids is 1. The van der Waals surface area contributed by atoms with Crippen molar-refractivity contribution in [1.29, 1.82) is 0 Å². The van der Waals surface area contributed by atoms with Gasteiger partial charge in [0.05, 0.1) is 12.6 Å². The van der Waals surface area contributed by atoms with Gasteiger partial charge in [0.25, 0.3) is 5.91 Å². The summed E-state index contributed by atoms with van der Waals surface area (Å²) >= 11 is 0. The number of amides is 1. The van der Waals surface area contributed by atoms with E-state index in [1.54, 1.807) is 18.2 Å². The predicted octanol–water partition coefficient (Wildman–Crippen LogP) is 3.74.